The number of piperidine rings is 1. The molecule has 2 aromatic carbocycles. The monoisotopic (exact) mass is 446 g/mol. The minimum atomic E-state index is -3.70. The molecule has 2 aliphatic rings. The Bertz CT molecular complexity index is 972. The summed E-state index contributed by atoms with van der Waals surface area (Å²) in [5, 5.41) is 0. The van der Waals surface area contributed by atoms with Gasteiger partial charge in [-0.1, -0.05) is 18.6 Å². The SMILES string of the molecule is COc1ccc(C(CNS(=O)(=O)c2ccc3c(c2)OCCCO3)N2CCCCC2)cc1. The second-order valence-electron chi connectivity index (χ2n) is 7.90. The van der Waals surface area contributed by atoms with Crippen LogP contribution in [0.25, 0.3) is 0 Å². The van der Waals surface area contributed by atoms with Crippen LogP contribution in [0, 0.1) is 0 Å². The van der Waals surface area contributed by atoms with Crippen LogP contribution in [0.5, 0.6) is 17.2 Å². The van der Waals surface area contributed by atoms with E-state index in [1.54, 1.807) is 25.3 Å². The normalized spacial score (nSPS) is 18.2. The predicted molar refractivity (Wildman–Crippen MR) is 118 cm³/mol. The summed E-state index contributed by atoms with van der Waals surface area (Å²) in [4.78, 5) is 2.55. The highest BCUT2D eigenvalue weighted by atomic mass is 32.2. The molecular formula is C23H30N2O5S. The Hall–Kier alpha value is -2.29. The number of benzene rings is 2. The van der Waals surface area contributed by atoms with Crippen molar-refractivity contribution in [3.05, 3.63) is 48.0 Å². The topological polar surface area (TPSA) is 77.1 Å². The van der Waals surface area contributed by atoms with E-state index in [1.165, 1.54) is 6.42 Å². The number of rotatable bonds is 7. The van der Waals surface area contributed by atoms with E-state index < -0.39 is 10.0 Å². The lowest BCUT2D eigenvalue weighted by atomic mass is 10.0. The van der Waals surface area contributed by atoms with Crippen LogP contribution >= 0.6 is 0 Å². The molecule has 0 radical (unpaired) electrons. The molecule has 1 fully saturated rings. The van der Waals surface area contributed by atoms with Crippen molar-refractivity contribution in [3.8, 4) is 17.2 Å². The molecule has 7 nitrogen and oxygen atoms in total. The van der Waals surface area contributed by atoms with Crippen molar-refractivity contribution >= 4 is 10.0 Å². The Balaban J connectivity index is 1.53. The molecule has 8 heteroatoms. The highest BCUT2D eigenvalue weighted by molar-refractivity contribution is 7.89. The summed E-state index contributed by atoms with van der Waals surface area (Å²) in [6.45, 7) is 3.29. The molecule has 4 rings (SSSR count). The Morgan fingerprint density at radius 3 is 2.39 bits per heavy atom. The van der Waals surface area contributed by atoms with E-state index in [1.807, 2.05) is 24.3 Å². The minimum Gasteiger partial charge on any atom is -0.497 e. The van der Waals surface area contributed by atoms with Gasteiger partial charge in [-0.2, -0.15) is 0 Å². The van der Waals surface area contributed by atoms with E-state index in [-0.39, 0.29) is 10.9 Å². The summed E-state index contributed by atoms with van der Waals surface area (Å²) in [5.74, 6) is 1.85. The van der Waals surface area contributed by atoms with Crippen molar-refractivity contribution in [2.24, 2.45) is 0 Å². The molecule has 0 aromatic heterocycles. The van der Waals surface area contributed by atoms with Gasteiger partial charge in [0.05, 0.1) is 25.2 Å². The van der Waals surface area contributed by atoms with Crippen molar-refractivity contribution in [1.29, 1.82) is 0 Å². The van der Waals surface area contributed by atoms with Crippen molar-refractivity contribution in [2.45, 2.75) is 36.6 Å². The Morgan fingerprint density at radius 1 is 0.968 bits per heavy atom. The largest absolute Gasteiger partial charge is 0.497 e. The molecule has 1 atom stereocenters. The van der Waals surface area contributed by atoms with E-state index in [2.05, 4.69) is 9.62 Å². The molecule has 1 saturated heterocycles. The summed E-state index contributed by atoms with van der Waals surface area (Å²) >= 11 is 0. The van der Waals surface area contributed by atoms with Gasteiger partial charge in [0, 0.05) is 25.1 Å². The van der Waals surface area contributed by atoms with Gasteiger partial charge in [0.25, 0.3) is 0 Å². The lowest BCUT2D eigenvalue weighted by Gasteiger charge is -2.35. The van der Waals surface area contributed by atoms with Crippen LogP contribution < -0.4 is 18.9 Å². The average molecular weight is 447 g/mol. The zero-order chi connectivity index (χ0) is 21.7. The van der Waals surface area contributed by atoms with Crippen molar-refractivity contribution < 1.29 is 22.6 Å². The number of methoxy groups -OCH3 is 1. The third-order valence-corrected chi connectivity index (χ3v) is 7.25. The molecule has 0 bridgehead atoms. The van der Waals surface area contributed by atoms with Gasteiger partial charge in [-0.3, -0.25) is 4.90 Å². The molecule has 1 unspecified atom stereocenters. The van der Waals surface area contributed by atoms with E-state index in [0.717, 1.165) is 43.7 Å². The quantitative estimate of drug-likeness (QED) is 0.703. The Morgan fingerprint density at radius 2 is 1.68 bits per heavy atom. The fourth-order valence-electron chi connectivity index (χ4n) is 4.10. The molecule has 0 saturated carbocycles. The van der Waals surface area contributed by atoms with E-state index in [0.29, 0.717) is 31.3 Å². The zero-order valence-corrected chi connectivity index (χ0v) is 18.7. The number of nitrogens with zero attached hydrogens (tertiary/aromatic N) is 1. The third-order valence-electron chi connectivity index (χ3n) is 5.83. The fourth-order valence-corrected chi connectivity index (χ4v) is 5.15. The number of fused-ring (bicyclic) bond motifs is 1. The van der Waals surface area contributed by atoms with Gasteiger partial charge in [-0.25, -0.2) is 13.1 Å². The number of sulfonamides is 1. The molecule has 2 aliphatic heterocycles. The summed E-state index contributed by atoms with van der Waals surface area (Å²) in [6.07, 6.45) is 4.24. The van der Waals surface area contributed by atoms with Crippen molar-refractivity contribution in [3.63, 3.8) is 0 Å². The van der Waals surface area contributed by atoms with Crippen molar-refractivity contribution in [2.75, 3.05) is 40.0 Å². The van der Waals surface area contributed by atoms with Crippen LogP contribution in [-0.4, -0.2) is 53.3 Å². The molecule has 0 spiro atoms. The fraction of sp³-hybridized carbons (Fsp3) is 0.478. The first-order valence-corrected chi connectivity index (χ1v) is 12.3. The average Bonchev–Trinajstić information content (AvgIpc) is 3.05. The number of hydrogen-bond acceptors (Lipinski definition) is 6. The molecular weight excluding hydrogens is 416 g/mol. The second-order valence-corrected chi connectivity index (χ2v) is 9.66. The first-order chi connectivity index (χ1) is 15.1. The maximum absolute atomic E-state index is 13.1. The Labute approximate surface area is 184 Å². The minimum absolute atomic E-state index is 0.0404. The highest BCUT2D eigenvalue weighted by Gasteiger charge is 2.26. The van der Waals surface area contributed by atoms with Crippen LogP contribution in [0.15, 0.2) is 47.4 Å². The van der Waals surface area contributed by atoms with Gasteiger partial charge < -0.3 is 14.2 Å². The van der Waals surface area contributed by atoms with E-state index in [4.69, 9.17) is 14.2 Å². The molecule has 2 heterocycles. The van der Waals surface area contributed by atoms with Gasteiger partial charge in [0.15, 0.2) is 11.5 Å². The van der Waals surface area contributed by atoms with E-state index in [9.17, 15) is 8.42 Å². The maximum atomic E-state index is 13.1. The van der Waals surface area contributed by atoms with Gasteiger partial charge in [0.2, 0.25) is 10.0 Å². The van der Waals surface area contributed by atoms with Crippen LogP contribution in [0.1, 0.15) is 37.3 Å². The molecule has 2 aromatic rings. The lowest BCUT2D eigenvalue weighted by Crippen LogP contribution is -2.40. The van der Waals surface area contributed by atoms with Gasteiger partial charge in [-0.05, 0) is 55.8 Å². The number of nitrogens with one attached hydrogen (secondary N) is 1. The van der Waals surface area contributed by atoms with Crippen LogP contribution in [0.2, 0.25) is 0 Å². The second kappa shape index (κ2) is 9.89. The van der Waals surface area contributed by atoms with Gasteiger partial charge in [0.1, 0.15) is 5.75 Å². The number of hydrogen-bond donors (Lipinski definition) is 1. The summed E-state index contributed by atoms with van der Waals surface area (Å²) in [7, 11) is -2.06. The molecule has 0 amide bonds. The van der Waals surface area contributed by atoms with Crippen molar-refractivity contribution in [1.82, 2.24) is 9.62 Å². The zero-order valence-electron chi connectivity index (χ0n) is 17.9. The lowest BCUT2D eigenvalue weighted by molar-refractivity contribution is 0.164. The predicted octanol–water partition coefficient (Wildman–Crippen LogP) is 3.36. The van der Waals surface area contributed by atoms with Crippen LogP contribution in [0.4, 0.5) is 0 Å². The van der Waals surface area contributed by atoms with Gasteiger partial charge >= 0.3 is 0 Å². The van der Waals surface area contributed by atoms with Crippen LogP contribution in [-0.2, 0) is 10.0 Å². The summed E-state index contributed by atoms with van der Waals surface area (Å²) in [6, 6.07) is 12.6. The molecule has 31 heavy (non-hydrogen) atoms. The molecule has 1 N–H and O–H groups in total. The van der Waals surface area contributed by atoms with Gasteiger partial charge in [-0.15, -0.1) is 0 Å². The summed E-state index contributed by atoms with van der Waals surface area (Å²) < 4.78 is 45.5. The molecule has 0 aliphatic carbocycles. The first-order valence-electron chi connectivity index (χ1n) is 10.8. The third kappa shape index (κ3) is 5.31. The maximum Gasteiger partial charge on any atom is 0.240 e. The van der Waals surface area contributed by atoms with Crippen LogP contribution in [0.3, 0.4) is 0 Å². The van der Waals surface area contributed by atoms with E-state index >= 15 is 0 Å². The first kappa shape index (κ1) is 21.9. The summed E-state index contributed by atoms with van der Waals surface area (Å²) in [5.41, 5.74) is 1.07. The smallest absolute Gasteiger partial charge is 0.240 e. The number of likely N-dealkylation sites (tertiary alicyclic amines) is 1. The molecule has 168 valence electrons. The number of ether oxygens (including phenoxy) is 3. The standard InChI is InChI=1S/C23H30N2O5S/c1-28-19-8-6-18(7-9-19)21(25-12-3-2-4-13-25)17-24-31(26,27)20-10-11-22-23(16-20)30-15-5-14-29-22/h6-11,16,21,24H,2-5,12-15,17H2,1H3. The highest BCUT2D eigenvalue weighted by Crippen LogP contribution is 2.32. The Kier molecular flexibility index (Phi) is 6.99.